The fourth-order valence-electron chi connectivity index (χ4n) is 3.24. The summed E-state index contributed by atoms with van der Waals surface area (Å²) >= 11 is 0. The highest BCUT2D eigenvalue weighted by Crippen LogP contribution is 2.20. The van der Waals surface area contributed by atoms with Gasteiger partial charge in [0.15, 0.2) is 0 Å². The van der Waals surface area contributed by atoms with Crippen LogP contribution in [-0.2, 0) is 14.4 Å². The van der Waals surface area contributed by atoms with Crippen LogP contribution in [-0.4, -0.2) is 48.8 Å². The summed E-state index contributed by atoms with van der Waals surface area (Å²) in [5.41, 5.74) is 1.58. The molecule has 29 heavy (non-hydrogen) atoms. The number of amides is 3. The summed E-state index contributed by atoms with van der Waals surface area (Å²) in [7, 11) is 0. The molecule has 8 heteroatoms. The second-order valence-electron chi connectivity index (χ2n) is 6.81. The molecule has 3 rings (SSSR count). The molecule has 152 valence electrons. The third kappa shape index (κ3) is 5.54. The summed E-state index contributed by atoms with van der Waals surface area (Å²) in [6, 6.07) is 13.3. The van der Waals surface area contributed by atoms with Crippen molar-refractivity contribution in [1.29, 1.82) is 0 Å². The first-order valence-corrected chi connectivity index (χ1v) is 9.37. The van der Waals surface area contributed by atoms with E-state index in [1.807, 2.05) is 4.90 Å². The van der Waals surface area contributed by atoms with Crippen LogP contribution in [0.1, 0.15) is 13.3 Å². The Kier molecular flexibility index (Phi) is 6.43. The summed E-state index contributed by atoms with van der Waals surface area (Å²) in [6.45, 7) is 3.27. The van der Waals surface area contributed by atoms with Gasteiger partial charge in [0.05, 0.1) is 5.69 Å². The highest BCUT2D eigenvalue weighted by atomic mass is 19.1. The van der Waals surface area contributed by atoms with E-state index in [1.165, 1.54) is 13.0 Å². The molecule has 7 nitrogen and oxygen atoms in total. The number of carbonyl (C=O) groups excluding carboxylic acids is 3. The molecule has 1 heterocycles. The Bertz CT molecular complexity index is 910. The Balaban J connectivity index is 1.50. The lowest BCUT2D eigenvalue weighted by atomic mass is 10.2. The van der Waals surface area contributed by atoms with Gasteiger partial charge in [-0.3, -0.25) is 14.4 Å². The van der Waals surface area contributed by atoms with Crippen LogP contribution >= 0.6 is 0 Å². The van der Waals surface area contributed by atoms with Crippen molar-refractivity contribution < 1.29 is 18.8 Å². The second kappa shape index (κ2) is 9.18. The Morgan fingerprint density at radius 2 is 1.59 bits per heavy atom. The van der Waals surface area contributed by atoms with Crippen LogP contribution in [0, 0.1) is 5.82 Å². The highest BCUT2D eigenvalue weighted by Gasteiger charge is 2.24. The van der Waals surface area contributed by atoms with E-state index in [0.29, 0.717) is 43.2 Å². The van der Waals surface area contributed by atoms with E-state index >= 15 is 0 Å². The molecule has 2 N–H and O–H groups in total. The fourth-order valence-corrected chi connectivity index (χ4v) is 3.24. The first-order valence-electron chi connectivity index (χ1n) is 9.37. The summed E-state index contributed by atoms with van der Waals surface area (Å²) < 4.78 is 13.9. The molecule has 0 radical (unpaired) electrons. The maximum absolute atomic E-state index is 13.9. The van der Waals surface area contributed by atoms with E-state index in [4.69, 9.17) is 0 Å². The molecule has 0 unspecified atom stereocenters. The molecule has 0 aromatic heterocycles. The SMILES string of the molecule is CC(=O)Nc1cccc(NC(=O)CC(=O)N2CCN(c3ccccc3F)CC2)c1. The van der Waals surface area contributed by atoms with Crippen LogP contribution in [0.15, 0.2) is 48.5 Å². The number of piperazine rings is 1. The van der Waals surface area contributed by atoms with Crippen molar-refractivity contribution in [3.63, 3.8) is 0 Å². The minimum absolute atomic E-state index is 0.210. The number of benzene rings is 2. The van der Waals surface area contributed by atoms with Gasteiger partial charge in [-0.2, -0.15) is 0 Å². The van der Waals surface area contributed by atoms with E-state index < -0.39 is 5.91 Å². The van der Waals surface area contributed by atoms with Gasteiger partial charge < -0.3 is 20.4 Å². The second-order valence-corrected chi connectivity index (χ2v) is 6.81. The maximum atomic E-state index is 13.9. The van der Waals surface area contributed by atoms with Crippen molar-refractivity contribution in [3.05, 3.63) is 54.3 Å². The van der Waals surface area contributed by atoms with Gasteiger partial charge >= 0.3 is 0 Å². The monoisotopic (exact) mass is 398 g/mol. The number of nitrogens with one attached hydrogen (secondary N) is 2. The van der Waals surface area contributed by atoms with Crippen LogP contribution in [0.2, 0.25) is 0 Å². The van der Waals surface area contributed by atoms with Gasteiger partial charge in [0, 0.05) is 44.5 Å². The maximum Gasteiger partial charge on any atom is 0.233 e. The number of nitrogens with zero attached hydrogens (tertiary/aromatic N) is 2. The highest BCUT2D eigenvalue weighted by molar-refractivity contribution is 6.04. The average Bonchev–Trinajstić information content (AvgIpc) is 2.68. The number of hydrogen-bond acceptors (Lipinski definition) is 4. The largest absolute Gasteiger partial charge is 0.366 e. The van der Waals surface area contributed by atoms with Gasteiger partial charge in [0.25, 0.3) is 0 Å². The first-order chi connectivity index (χ1) is 13.9. The van der Waals surface area contributed by atoms with Crippen molar-refractivity contribution in [2.24, 2.45) is 0 Å². The molecular formula is C21H23FN4O3. The Hall–Kier alpha value is -3.42. The Morgan fingerprint density at radius 3 is 2.24 bits per heavy atom. The van der Waals surface area contributed by atoms with Gasteiger partial charge in [0.1, 0.15) is 12.2 Å². The van der Waals surface area contributed by atoms with E-state index in [-0.39, 0.29) is 24.1 Å². The van der Waals surface area contributed by atoms with E-state index in [9.17, 15) is 18.8 Å². The van der Waals surface area contributed by atoms with E-state index in [2.05, 4.69) is 10.6 Å². The smallest absolute Gasteiger partial charge is 0.233 e. The molecule has 2 aromatic carbocycles. The fraction of sp³-hybridized carbons (Fsp3) is 0.286. The van der Waals surface area contributed by atoms with Gasteiger partial charge in [0.2, 0.25) is 17.7 Å². The van der Waals surface area contributed by atoms with E-state index in [0.717, 1.165) is 0 Å². The zero-order valence-electron chi connectivity index (χ0n) is 16.2. The number of para-hydroxylation sites is 1. The molecule has 1 fully saturated rings. The van der Waals surface area contributed by atoms with Crippen molar-refractivity contribution in [2.45, 2.75) is 13.3 Å². The van der Waals surface area contributed by atoms with Crippen LogP contribution < -0.4 is 15.5 Å². The average molecular weight is 398 g/mol. The minimum Gasteiger partial charge on any atom is -0.366 e. The first kappa shape index (κ1) is 20.3. The predicted octanol–water partition coefficient (Wildman–Crippen LogP) is 2.46. The lowest BCUT2D eigenvalue weighted by molar-refractivity contribution is -0.134. The zero-order chi connectivity index (χ0) is 20.8. The number of anilines is 3. The molecule has 0 saturated carbocycles. The van der Waals surface area contributed by atoms with Gasteiger partial charge in [-0.25, -0.2) is 4.39 Å². The molecule has 2 aromatic rings. The van der Waals surface area contributed by atoms with Crippen LogP contribution in [0.4, 0.5) is 21.5 Å². The molecule has 0 spiro atoms. The lowest BCUT2D eigenvalue weighted by Crippen LogP contribution is -2.49. The standard InChI is InChI=1S/C21H23FN4O3/c1-15(27)23-16-5-4-6-17(13-16)24-20(28)14-21(29)26-11-9-25(10-12-26)19-8-3-2-7-18(19)22/h2-8,13H,9-12,14H2,1H3,(H,23,27)(H,24,28). The molecular weight excluding hydrogens is 375 g/mol. The summed E-state index contributed by atoms with van der Waals surface area (Å²) in [5, 5.41) is 5.31. The molecule has 0 atom stereocenters. The van der Waals surface area contributed by atoms with Crippen LogP contribution in [0.5, 0.6) is 0 Å². The predicted molar refractivity (Wildman–Crippen MR) is 109 cm³/mol. The van der Waals surface area contributed by atoms with Crippen molar-refractivity contribution in [3.8, 4) is 0 Å². The number of halogens is 1. The van der Waals surface area contributed by atoms with Crippen molar-refractivity contribution in [1.82, 2.24) is 4.90 Å². The lowest BCUT2D eigenvalue weighted by Gasteiger charge is -2.36. The Labute approximate surface area is 168 Å². The quantitative estimate of drug-likeness (QED) is 0.758. The summed E-state index contributed by atoms with van der Waals surface area (Å²) in [6.07, 6.45) is -0.274. The van der Waals surface area contributed by atoms with Crippen LogP contribution in [0.3, 0.4) is 0 Å². The summed E-state index contributed by atoms with van der Waals surface area (Å²) in [5.74, 6) is -1.19. The molecule has 1 aliphatic heterocycles. The number of hydrogen-bond donors (Lipinski definition) is 2. The minimum atomic E-state index is -0.425. The summed E-state index contributed by atoms with van der Waals surface area (Å²) in [4.78, 5) is 39.3. The third-order valence-corrected chi connectivity index (χ3v) is 4.60. The third-order valence-electron chi connectivity index (χ3n) is 4.60. The van der Waals surface area contributed by atoms with Crippen molar-refractivity contribution in [2.75, 3.05) is 41.7 Å². The topological polar surface area (TPSA) is 81.8 Å². The van der Waals surface area contributed by atoms with Gasteiger partial charge in [-0.05, 0) is 30.3 Å². The van der Waals surface area contributed by atoms with Crippen molar-refractivity contribution >= 4 is 34.8 Å². The molecule has 0 aliphatic carbocycles. The number of rotatable bonds is 5. The van der Waals surface area contributed by atoms with Gasteiger partial charge in [-0.15, -0.1) is 0 Å². The molecule has 1 aliphatic rings. The molecule has 3 amide bonds. The molecule has 1 saturated heterocycles. The van der Waals surface area contributed by atoms with E-state index in [1.54, 1.807) is 47.4 Å². The molecule has 0 bridgehead atoms. The number of carbonyl (C=O) groups is 3. The zero-order valence-corrected chi connectivity index (χ0v) is 16.2. The normalized spacial score (nSPS) is 13.7. The Morgan fingerprint density at radius 1 is 0.931 bits per heavy atom. The van der Waals surface area contributed by atoms with Crippen LogP contribution in [0.25, 0.3) is 0 Å². The van der Waals surface area contributed by atoms with Gasteiger partial charge in [-0.1, -0.05) is 18.2 Å².